The molecule has 0 amide bonds. The number of rotatable bonds is 5. The van der Waals surface area contributed by atoms with Gasteiger partial charge in [0, 0.05) is 38.9 Å². The van der Waals surface area contributed by atoms with Crippen molar-refractivity contribution in [2.75, 3.05) is 7.05 Å². The summed E-state index contributed by atoms with van der Waals surface area (Å²) in [7, 11) is 3.89. The molecular weight excluding hydrogens is 364 g/mol. The highest BCUT2D eigenvalue weighted by molar-refractivity contribution is 9.10. The van der Waals surface area contributed by atoms with Gasteiger partial charge in [0.05, 0.1) is 28.6 Å². The van der Waals surface area contributed by atoms with Crippen LogP contribution >= 0.6 is 28.1 Å². The van der Waals surface area contributed by atoms with E-state index in [9.17, 15) is 0 Å². The van der Waals surface area contributed by atoms with Crippen molar-refractivity contribution >= 4 is 33.3 Å². The van der Waals surface area contributed by atoms with Crippen LogP contribution in [0.3, 0.4) is 0 Å². The lowest BCUT2D eigenvalue weighted by atomic mass is 10.3. The van der Waals surface area contributed by atoms with E-state index in [2.05, 4.69) is 44.6 Å². The summed E-state index contributed by atoms with van der Waals surface area (Å²) >= 11 is 8.96. The molecule has 0 aliphatic rings. The maximum Gasteiger partial charge on any atom is 0.169 e. The predicted molar refractivity (Wildman–Crippen MR) is 94.5 cm³/mol. The third kappa shape index (κ3) is 3.86. The van der Waals surface area contributed by atoms with Crippen LogP contribution in [0.25, 0.3) is 0 Å². The Labute approximate surface area is 144 Å². The molecule has 2 aromatic rings. The molecule has 0 spiro atoms. The van der Waals surface area contributed by atoms with Gasteiger partial charge in [-0.25, -0.2) is 0 Å². The molecule has 0 aliphatic heterocycles. The maximum absolute atomic E-state index is 5.46. The maximum atomic E-state index is 5.46. The van der Waals surface area contributed by atoms with Crippen LogP contribution in [0.4, 0.5) is 0 Å². The lowest BCUT2D eigenvalue weighted by Crippen LogP contribution is -2.36. The molecule has 2 rings (SSSR count). The zero-order valence-corrected chi connectivity index (χ0v) is 15.7. The third-order valence-corrected chi connectivity index (χ3v) is 4.66. The molecule has 0 saturated heterocycles. The second-order valence-corrected chi connectivity index (χ2v) is 6.41. The normalized spacial score (nSPS) is 10.8. The van der Waals surface area contributed by atoms with Gasteiger partial charge in [0.15, 0.2) is 5.11 Å². The zero-order chi connectivity index (χ0) is 16.3. The summed E-state index contributed by atoms with van der Waals surface area (Å²) in [5.74, 6) is 0. The number of hydrogen-bond donors (Lipinski definition) is 1. The fourth-order valence-corrected chi connectivity index (χ4v) is 2.72. The number of nitrogens with one attached hydrogen (secondary N) is 1. The van der Waals surface area contributed by atoms with Crippen molar-refractivity contribution < 1.29 is 0 Å². The molecule has 0 radical (unpaired) electrons. The van der Waals surface area contributed by atoms with E-state index >= 15 is 0 Å². The number of aromatic nitrogens is 4. The molecular formula is C14H21BrN6S. The van der Waals surface area contributed by atoms with Gasteiger partial charge in [-0.2, -0.15) is 10.2 Å². The molecule has 120 valence electrons. The first-order valence-electron chi connectivity index (χ1n) is 7.10. The van der Waals surface area contributed by atoms with E-state index in [4.69, 9.17) is 12.2 Å². The van der Waals surface area contributed by atoms with Crippen molar-refractivity contribution in [1.29, 1.82) is 0 Å². The highest BCUT2D eigenvalue weighted by Gasteiger charge is 2.12. The third-order valence-electron chi connectivity index (χ3n) is 3.55. The van der Waals surface area contributed by atoms with E-state index in [1.807, 2.05) is 35.3 Å². The Balaban J connectivity index is 1.92. The minimum Gasteiger partial charge on any atom is -0.358 e. The number of thiocarbonyl (C=S) groups is 1. The van der Waals surface area contributed by atoms with Gasteiger partial charge in [0.1, 0.15) is 0 Å². The first-order chi connectivity index (χ1) is 10.4. The van der Waals surface area contributed by atoms with E-state index in [1.54, 1.807) is 6.20 Å². The Hall–Kier alpha value is -1.41. The predicted octanol–water partition coefficient (Wildman–Crippen LogP) is 2.21. The highest BCUT2D eigenvalue weighted by Crippen LogP contribution is 2.16. The van der Waals surface area contributed by atoms with Gasteiger partial charge in [-0.1, -0.05) is 0 Å². The molecule has 0 fully saturated rings. The molecule has 0 saturated carbocycles. The number of aryl methyl sites for hydroxylation is 3. The van der Waals surface area contributed by atoms with E-state index < -0.39 is 0 Å². The van der Waals surface area contributed by atoms with Crippen LogP contribution in [-0.2, 0) is 26.7 Å². The second-order valence-electron chi connectivity index (χ2n) is 5.17. The van der Waals surface area contributed by atoms with Crippen molar-refractivity contribution in [1.82, 2.24) is 29.8 Å². The first-order valence-corrected chi connectivity index (χ1v) is 8.30. The molecule has 0 aliphatic carbocycles. The Morgan fingerprint density at radius 2 is 2.23 bits per heavy atom. The van der Waals surface area contributed by atoms with Gasteiger partial charge < -0.3 is 10.2 Å². The molecule has 8 heteroatoms. The summed E-state index contributed by atoms with van der Waals surface area (Å²) in [5.41, 5.74) is 3.29. The van der Waals surface area contributed by atoms with Crippen molar-refractivity contribution in [3.63, 3.8) is 0 Å². The average Bonchev–Trinajstić information content (AvgIpc) is 3.01. The minimum absolute atomic E-state index is 0.682. The summed E-state index contributed by atoms with van der Waals surface area (Å²) < 4.78 is 4.77. The lowest BCUT2D eigenvalue weighted by Gasteiger charge is -2.21. The van der Waals surface area contributed by atoms with E-state index in [1.165, 1.54) is 5.56 Å². The van der Waals surface area contributed by atoms with Gasteiger partial charge in [-0.15, -0.1) is 0 Å². The lowest BCUT2D eigenvalue weighted by molar-refractivity contribution is 0.465. The molecule has 0 atom stereocenters. The van der Waals surface area contributed by atoms with E-state index in [-0.39, 0.29) is 0 Å². The van der Waals surface area contributed by atoms with Gasteiger partial charge in [0.25, 0.3) is 0 Å². The van der Waals surface area contributed by atoms with Crippen molar-refractivity contribution in [2.45, 2.75) is 33.5 Å². The Bertz CT molecular complexity index is 643. The SMILES string of the molecule is CCn1cc(CNC(=S)N(C)Cc2c(Br)cnn2C)c(C)n1. The quantitative estimate of drug-likeness (QED) is 0.800. The van der Waals surface area contributed by atoms with Gasteiger partial charge in [-0.05, 0) is 42.0 Å². The van der Waals surface area contributed by atoms with Gasteiger partial charge in [0.2, 0.25) is 0 Å². The number of nitrogens with zero attached hydrogens (tertiary/aromatic N) is 5. The van der Waals surface area contributed by atoms with Crippen molar-refractivity contribution in [3.05, 3.63) is 33.8 Å². The van der Waals surface area contributed by atoms with E-state index in [0.717, 1.165) is 22.4 Å². The molecule has 6 nitrogen and oxygen atoms in total. The Kier molecular flexibility index (Phi) is 5.57. The summed E-state index contributed by atoms with van der Waals surface area (Å²) in [6.45, 7) is 6.34. The largest absolute Gasteiger partial charge is 0.358 e. The fourth-order valence-electron chi connectivity index (χ4n) is 2.11. The summed E-state index contributed by atoms with van der Waals surface area (Å²) in [6.07, 6.45) is 3.85. The monoisotopic (exact) mass is 384 g/mol. The highest BCUT2D eigenvalue weighted by atomic mass is 79.9. The molecule has 2 heterocycles. The van der Waals surface area contributed by atoms with Crippen LogP contribution in [-0.4, -0.2) is 36.6 Å². The zero-order valence-electron chi connectivity index (χ0n) is 13.3. The Morgan fingerprint density at radius 3 is 2.77 bits per heavy atom. The van der Waals surface area contributed by atoms with Gasteiger partial charge >= 0.3 is 0 Å². The fraction of sp³-hybridized carbons (Fsp3) is 0.500. The first kappa shape index (κ1) is 17.0. The standard InChI is InChI=1S/C14H21BrN6S/c1-5-21-8-11(10(2)18-21)6-16-14(22)19(3)9-13-12(15)7-17-20(13)4/h7-8H,5-6,9H2,1-4H3,(H,16,22). The van der Waals surface area contributed by atoms with Crippen molar-refractivity contribution in [3.8, 4) is 0 Å². The average molecular weight is 385 g/mol. The molecule has 2 aromatic heterocycles. The van der Waals surface area contributed by atoms with E-state index in [0.29, 0.717) is 18.2 Å². The minimum atomic E-state index is 0.682. The Morgan fingerprint density at radius 1 is 1.50 bits per heavy atom. The molecule has 1 N–H and O–H groups in total. The summed E-state index contributed by atoms with van der Waals surface area (Å²) in [5, 5.41) is 12.6. The van der Waals surface area contributed by atoms with Crippen LogP contribution in [0.5, 0.6) is 0 Å². The molecule has 0 bridgehead atoms. The van der Waals surface area contributed by atoms with Crippen LogP contribution in [0.1, 0.15) is 23.9 Å². The van der Waals surface area contributed by atoms with Crippen LogP contribution in [0.2, 0.25) is 0 Å². The van der Waals surface area contributed by atoms with Gasteiger partial charge in [-0.3, -0.25) is 9.36 Å². The molecule has 0 unspecified atom stereocenters. The number of hydrogen-bond acceptors (Lipinski definition) is 3. The molecule has 22 heavy (non-hydrogen) atoms. The van der Waals surface area contributed by atoms with Crippen LogP contribution in [0, 0.1) is 6.92 Å². The number of halogens is 1. The molecule has 0 aromatic carbocycles. The summed E-state index contributed by atoms with van der Waals surface area (Å²) in [6, 6.07) is 0. The van der Waals surface area contributed by atoms with Crippen LogP contribution < -0.4 is 5.32 Å². The van der Waals surface area contributed by atoms with Crippen LogP contribution in [0.15, 0.2) is 16.9 Å². The second kappa shape index (κ2) is 7.23. The topological polar surface area (TPSA) is 50.9 Å². The van der Waals surface area contributed by atoms with Crippen molar-refractivity contribution in [2.24, 2.45) is 7.05 Å². The smallest absolute Gasteiger partial charge is 0.169 e. The summed E-state index contributed by atoms with van der Waals surface area (Å²) in [4.78, 5) is 2.00.